The highest BCUT2D eigenvalue weighted by molar-refractivity contribution is 14.1. The van der Waals surface area contributed by atoms with Gasteiger partial charge in [0.2, 0.25) is 0 Å². The van der Waals surface area contributed by atoms with E-state index in [-0.39, 0.29) is 0 Å². The van der Waals surface area contributed by atoms with Crippen LogP contribution in [0.15, 0.2) is 36.4 Å². The van der Waals surface area contributed by atoms with Crippen molar-refractivity contribution in [2.75, 3.05) is 0 Å². The Hall–Kier alpha value is -1.01. The van der Waals surface area contributed by atoms with E-state index in [9.17, 15) is 0 Å². The first kappa shape index (κ1) is 9.54. The molecule has 0 N–H and O–H groups in total. The molecule has 0 amide bonds. The minimum atomic E-state index is 1.11. The molecule has 0 saturated heterocycles. The zero-order chi connectivity index (χ0) is 9.97. The van der Waals surface area contributed by atoms with Crippen molar-refractivity contribution in [2.24, 2.45) is 0 Å². The van der Waals surface area contributed by atoms with Gasteiger partial charge in [0.15, 0.2) is 0 Å². The fourth-order valence-electron chi connectivity index (χ4n) is 1.40. The van der Waals surface area contributed by atoms with Crippen LogP contribution in [0.25, 0.3) is 11.1 Å². The number of hydrogen-bond donors (Lipinski definition) is 0. The second kappa shape index (κ2) is 4.02. The van der Waals surface area contributed by atoms with Crippen molar-refractivity contribution in [3.05, 3.63) is 57.7 Å². The van der Waals surface area contributed by atoms with Gasteiger partial charge in [-0.2, -0.15) is 0 Å². The van der Waals surface area contributed by atoms with Crippen molar-refractivity contribution in [1.82, 2.24) is 0 Å². The van der Waals surface area contributed by atoms with Crippen LogP contribution in [0.5, 0.6) is 0 Å². The van der Waals surface area contributed by atoms with Crippen LogP contribution >= 0.6 is 22.6 Å². The molecule has 0 aliphatic carbocycles. The summed E-state index contributed by atoms with van der Waals surface area (Å²) in [6, 6.07) is 18.5. The van der Waals surface area contributed by atoms with Crippen molar-refractivity contribution in [3.8, 4) is 11.1 Å². The zero-order valence-electron chi connectivity index (χ0n) is 7.84. The van der Waals surface area contributed by atoms with E-state index in [1.165, 1.54) is 14.7 Å². The van der Waals surface area contributed by atoms with Crippen molar-refractivity contribution >= 4 is 22.6 Å². The van der Waals surface area contributed by atoms with Crippen molar-refractivity contribution in [3.63, 3.8) is 0 Å². The summed E-state index contributed by atoms with van der Waals surface area (Å²) in [5.74, 6) is 0. The number of rotatable bonds is 1. The number of halogens is 1. The Morgan fingerprint density at radius 1 is 1.21 bits per heavy atom. The van der Waals surface area contributed by atoms with Crippen LogP contribution in [-0.2, 0) is 0 Å². The molecule has 0 aromatic heterocycles. The van der Waals surface area contributed by atoms with E-state index in [1.807, 2.05) is 12.1 Å². The fourth-order valence-corrected chi connectivity index (χ4v) is 1.89. The van der Waals surface area contributed by atoms with Crippen LogP contribution in [0.2, 0.25) is 0 Å². The Labute approximate surface area is 98.1 Å². The van der Waals surface area contributed by atoms with Crippen molar-refractivity contribution < 1.29 is 0 Å². The first-order valence-corrected chi connectivity index (χ1v) is 5.50. The summed E-state index contributed by atoms with van der Waals surface area (Å²) < 4.78 is 1.25. The predicted octanol–water partition coefficient (Wildman–Crippen LogP) is 3.87. The summed E-state index contributed by atoms with van der Waals surface area (Å²) in [7, 11) is 0. The van der Waals surface area contributed by atoms with E-state index in [2.05, 4.69) is 65.9 Å². The highest BCUT2D eigenvalue weighted by Gasteiger charge is 2.00. The van der Waals surface area contributed by atoms with Gasteiger partial charge in [0, 0.05) is 9.13 Å². The largest absolute Gasteiger partial charge is 0.0696 e. The van der Waals surface area contributed by atoms with Gasteiger partial charge in [-0.3, -0.25) is 0 Å². The predicted molar refractivity (Wildman–Crippen MR) is 67.0 cm³/mol. The number of benzene rings is 1. The quantitative estimate of drug-likeness (QED) is 0.700. The summed E-state index contributed by atoms with van der Waals surface area (Å²) in [4.78, 5) is 0. The molecule has 0 heterocycles. The molecular weight excluding hydrogens is 283 g/mol. The standard InChI is InChI=1S/C13H9I/c1-10-7-8-12(14)9-13(10)11-5-3-2-4-6-11/h2-3,5,7-9H,1H3. The highest BCUT2D eigenvalue weighted by Crippen LogP contribution is 2.23. The third-order valence-electron chi connectivity index (χ3n) is 2.14. The Bertz CT molecular complexity index is 432. The van der Waals surface area contributed by atoms with Crippen LogP contribution in [-0.4, -0.2) is 0 Å². The van der Waals surface area contributed by atoms with Gasteiger partial charge in [-0.15, -0.1) is 0 Å². The Balaban J connectivity index is 2.57. The van der Waals surface area contributed by atoms with E-state index in [0.29, 0.717) is 0 Å². The molecule has 0 aliphatic heterocycles. The summed E-state index contributed by atoms with van der Waals surface area (Å²) in [5, 5.41) is 0. The monoisotopic (exact) mass is 292 g/mol. The first-order valence-electron chi connectivity index (χ1n) is 4.42. The third-order valence-corrected chi connectivity index (χ3v) is 2.81. The molecular formula is C13H9I. The summed E-state index contributed by atoms with van der Waals surface area (Å²) in [6.45, 7) is 2.12. The fraction of sp³-hybridized carbons (Fsp3) is 0.0769. The zero-order valence-corrected chi connectivity index (χ0v) is 10.00. The summed E-state index contributed by atoms with van der Waals surface area (Å²) >= 11 is 2.32. The van der Waals surface area contributed by atoms with Gasteiger partial charge in [-0.25, -0.2) is 0 Å². The van der Waals surface area contributed by atoms with E-state index < -0.39 is 0 Å². The summed E-state index contributed by atoms with van der Waals surface area (Å²) in [5.41, 5.74) is 3.64. The van der Waals surface area contributed by atoms with Crippen LogP contribution in [0, 0.1) is 22.6 Å². The molecule has 0 nitrogen and oxygen atoms in total. The lowest BCUT2D eigenvalue weighted by atomic mass is 10.0. The Morgan fingerprint density at radius 3 is 2.79 bits per heavy atom. The average Bonchev–Trinajstić information content (AvgIpc) is 2.23. The normalized spacial score (nSPS) is 9.57. The molecule has 0 atom stereocenters. The highest BCUT2D eigenvalue weighted by atomic mass is 127. The van der Waals surface area contributed by atoms with Crippen molar-refractivity contribution in [1.29, 1.82) is 0 Å². The van der Waals surface area contributed by atoms with E-state index in [4.69, 9.17) is 0 Å². The summed E-state index contributed by atoms with van der Waals surface area (Å²) in [6.07, 6.45) is 0. The molecule has 0 unspecified atom stereocenters. The molecule has 0 radical (unpaired) electrons. The minimum absolute atomic E-state index is 1.11. The maximum Gasteiger partial charge on any atom is 0.0324 e. The third kappa shape index (κ3) is 1.91. The molecule has 14 heavy (non-hydrogen) atoms. The number of hydrogen-bond acceptors (Lipinski definition) is 0. The van der Waals surface area contributed by atoms with Crippen LogP contribution in [0.4, 0.5) is 0 Å². The minimum Gasteiger partial charge on any atom is -0.0696 e. The van der Waals surface area contributed by atoms with Gasteiger partial charge in [-0.05, 0) is 64.9 Å². The molecule has 2 aromatic carbocycles. The Morgan fingerprint density at radius 2 is 2.07 bits per heavy atom. The molecule has 0 saturated carbocycles. The van der Waals surface area contributed by atoms with Gasteiger partial charge in [0.1, 0.15) is 0 Å². The molecule has 0 spiro atoms. The lowest BCUT2D eigenvalue weighted by Gasteiger charge is -2.03. The van der Waals surface area contributed by atoms with Gasteiger partial charge >= 0.3 is 0 Å². The maximum absolute atomic E-state index is 3.12. The van der Waals surface area contributed by atoms with Gasteiger partial charge in [0.05, 0.1) is 0 Å². The van der Waals surface area contributed by atoms with E-state index >= 15 is 0 Å². The molecule has 1 heteroatoms. The first-order chi connectivity index (χ1) is 6.77. The molecule has 0 fully saturated rings. The van der Waals surface area contributed by atoms with Crippen LogP contribution < -0.4 is 0 Å². The van der Waals surface area contributed by atoms with Crippen molar-refractivity contribution in [2.45, 2.75) is 6.92 Å². The molecule has 68 valence electrons. The second-order valence-corrected chi connectivity index (χ2v) is 4.41. The number of aryl methyl sites for hydroxylation is 1. The smallest absolute Gasteiger partial charge is 0.0324 e. The van der Waals surface area contributed by atoms with E-state index in [1.54, 1.807) is 0 Å². The SMILES string of the molecule is Cc1ccc(I)cc1-c1c#cccc1. The molecule has 0 bridgehead atoms. The van der Waals surface area contributed by atoms with Crippen LogP contribution in [0.3, 0.4) is 0 Å². The Kier molecular flexibility index (Phi) is 2.74. The maximum atomic E-state index is 3.12. The average molecular weight is 292 g/mol. The van der Waals surface area contributed by atoms with Crippen LogP contribution in [0.1, 0.15) is 5.56 Å². The molecule has 0 aliphatic rings. The van der Waals surface area contributed by atoms with Gasteiger partial charge in [-0.1, -0.05) is 24.3 Å². The lowest BCUT2D eigenvalue weighted by Crippen LogP contribution is -1.83. The second-order valence-electron chi connectivity index (χ2n) is 3.17. The van der Waals surface area contributed by atoms with Gasteiger partial charge in [0.25, 0.3) is 0 Å². The van der Waals surface area contributed by atoms with E-state index in [0.717, 1.165) is 5.56 Å². The topological polar surface area (TPSA) is 0 Å². The molecule has 2 aromatic rings. The lowest BCUT2D eigenvalue weighted by molar-refractivity contribution is 1.44. The molecule has 2 rings (SSSR count). The van der Waals surface area contributed by atoms with Gasteiger partial charge < -0.3 is 0 Å².